The first-order chi connectivity index (χ1) is 10.1. The van der Waals surface area contributed by atoms with Crippen molar-refractivity contribution in [3.63, 3.8) is 0 Å². The molecule has 0 aromatic heterocycles. The number of rotatable bonds is 3. The minimum Gasteiger partial charge on any atom is -0.393 e. The van der Waals surface area contributed by atoms with Crippen LogP contribution in [0.2, 0.25) is 0 Å². The first kappa shape index (κ1) is 14.6. The van der Waals surface area contributed by atoms with Crippen molar-refractivity contribution >= 4 is 5.91 Å². The normalized spacial score (nSPS) is 23.0. The van der Waals surface area contributed by atoms with Gasteiger partial charge in [0.25, 0.3) is 5.91 Å². The van der Waals surface area contributed by atoms with E-state index in [0.29, 0.717) is 6.42 Å². The Kier molecular flexibility index (Phi) is 4.29. The second-order valence-corrected chi connectivity index (χ2v) is 6.57. The zero-order valence-electron chi connectivity index (χ0n) is 12.8. The minimum atomic E-state index is -0.344. The molecule has 21 heavy (non-hydrogen) atoms. The lowest BCUT2D eigenvalue weighted by atomic mass is 9.96. The number of aliphatic hydroxyl groups is 1. The van der Waals surface area contributed by atoms with Crippen LogP contribution in [0.25, 0.3) is 0 Å². The van der Waals surface area contributed by atoms with Gasteiger partial charge in [-0.1, -0.05) is 6.07 Å². The Labute approximate surface area is 127 Å². The molecule has 0 radical (unpaired) electrons. The van der Waals surface area contributed by atoms with Crippen LogP contribution in [0.1, 0.15) is 60.5 Å². The number of carbonyl (C=O) groups excluding carboxylic acids is 1. The number of piperidine rings is 1. The Morgan fingerprint density at radius 3 is 2.90 bits per heavy atom. The molecule has 1 aromatic rings. The molecule has 1 saturated heterocycles. The molecule has 2 aliphatic rings. The number of carbonyl (C=O) groups is 1. The molecule has 3 heteroatoms. The second kappa shape index (κ2) is 6.18. The maximum absolute atomic E-state index is 12.8. The van der Waals surface area contributed by atoms with E-state index in [1.54, 1.807) is 0 Å². The third kappa shape index (κ3) is 3.13. The van der Waals surface area contributed by atoms with Gasteiger partial charge in [0.05, 0.1) is 6.10 Å². The molecule has 3 rings (SSSR count). The highest BCUT2D eigenvalue weighted by atomic mass is 16.3. The van der Waals surface area contributed by atoms with E-state index in [9.17, 15) is 9.90 Å². The van der Waals surface area contributed by atoms with E-state index in [4.69, 9.17) is 0 Å². The molecule has 1 amide bonds. The number of aliphatic hydroxyl groups excluding tert-OH is 1. The van der Waals surface area contributed by atoms with Crippen molar-refractivity contribution in [2.45, 2.75) is 64.0 Å². The van der Waals surface area contributed by atoms with Crippen molar-refractivity contribution in [2.75, 3.05) is 6.54 Å². The van der Waals surface area contributed by atoms with Gasteiger partial charge in [-0.3, -0.25) is 4.79 Å². The molecule has 1 aromatic carbocycles. The predicted molar refractivity (Wildman–Crippen MR) is 83.4 cm³/mol. The van der Waals surface area contributed by atoms with Crippen LogP contribution in [0.4, 0.5) is 0 Å². The molecule has 2 atom stereocenters. The van der Waals surface area contributed by atoms with Gasteiger partial charge in [-0.15, -0.1) is 0 Å². The van der Waals surface area contributed by atoms with Gasteiger partial charge in [0.2, 0.25) is 0 Å². The molecule has 0 bridgehead atoms. The predicted octanol–water partition coefficient (Wildman–Crippen LogP) is 2.94. The number of hydrogen-bond acceptors (Lipinski definition) is 2. The highest BCUT2D eigenvalue weighted by Crippen LogP contribution is 2.26. The molecule has 1 N–H and O–H groups in total. The fraction of sp³-hybridized carbons (Fsp3) is 0.611. The molecule has 0 spiro atoms. The van der Waals surface area contributed by atoms with Gasteiger partial charge >= 0.3 is 0 Å². The van der Waals surface area contributed by atoms with Gasteiger partial charge < -0.3 is 10.0 Å². The van der Waals surface area contributed by atoms with Crippen LogP contribution < -0.4 is 0 Å². The third-order valence-corrected chi connectivity index (χ3v) is 4.85. The summed E-state index contributed by atoms with van der Waals surface area (Å²) in [6.45, 7) is 2.64. The largest absolute Gasteiger partial charge is 0.393 e. The van der Waals surface area contributed by atoms with Crippen LogP contribution in [0.15, 0.2) is 18.2 Å². The van der Waals surface area contributed by atoms with Crippen molar-refractivity contribution in [3.05, 3.63) is 34.9 Å². The standard InChI is InChI=1S/C18H25NO2/c1-13(20)11-17-7-2-3-10-19(17)18(21)16-9-8-14-5-4-6-15(14)12-16/h8-9,12-13,17,20H,2-7,10-11H2,1H3. The monoisotopic (exact) mass is 287 g/mol. The molecule has 1 aliphatic carbocycles. The molecule has 0 saturated carbocycles. The number of hydrogen-bond donors (Lipinski definition) is 1. The number of aryl methyl sites for hydroxylation is 2. The van der Waals surface area contributed by atoms with E-state index in [1.807, 2.05) is 17.9 Å². The maximum atomic E-state index is 12.8. The van der Waals surface area contributed by atoms with Crippen LogP contribution in [0, 0.1) is 0 Å². The highest BCUT2D eigenvalue weighted by Gasteiger charge is 2.28. The maximum Gasteiger partial charge on any atom is 0.254 e. The third-order valence-electron chi connectivity index (χ3n) is 4.85. The van der Waals surface area contributed by atoms with E-state index in [0.717, 1.165) is 44.2 Å². The Balaban J connectivity index is 1.79. The minimum absolute atomic E-state index is 0.148. The molecule has 1 aliphatic heterocycles. The second-order valence-electron chi connectivity index (χ2n) is 6.57. The topological polar surface area (TPSA) is 40.5 Å². The molecule has 1 heterocycles. The molecular weight excluding hydrogens is 262 g/mol. The van der Waals surface area contributed by atoms with Crippen LogP contribution in [-0.2, 0) is 12.8 Å². The van der Waals surface area contributed by atoms with E-state index >= 15 is 0 Å². The lowest BCUT2D eigenvalue weighted by Gasteiger charge is -2.36. The number of benzene rings is 1. The SMILES string of the molecule is CC(O)CC1CCCCN1C(=O)c1ccc2c(c1)CCC2. The summed E-state index contributed by atoms with van der Waals surface area (Å²) >= 11 is 0. The van der Waals surface area contributed by atoms with Crippen molar-refractivity contribution in [3.8, 4) is 0 Å². The smallest absolute Gasteiger partial charge is 0.254 e. The fourth-order valence-corrected chi connectivity index (χ4v) is 3.78. The van der Waals surface area contributed by atoms with Gasteiger partial charge in [-0.2, -0.15) is 0 Å². The van der Waals surface area contributed by atoms with Gasteiger partial charge in [0, 0.05) is 18.2 Å². The summed E-state index contributed by atoms with van der Waals surface area (Å²) in [6, 6.07) is 6.40. The molecular formula is C18H25NO2. The summed E-state index contributed by atoms with van der Waals surface area (Å²) in [6.07, 6.45) is 7.06. The van der Waals surface area contributed by atoms with Gasteiger partial charge in [0.15, 0.2) is 0 Å². The van der Waals surface area contributed by atoms with Crippen molar-refractivity contribution in [2.24, 2.45) is 0 Å². The van der Waals surface area contributed by atoms with Gasteiger partial charge in [0.1, 0.15) is 0 Å². The molecule has 2 unspecified atom stereocenters. The Morgan fingerprint density at radius 1 is 1.29 bits per heavy atom. The zero-order chi connectivity index (χ0) is 14.8. The Hall–Kier alpha value is -1.35. The van der Waals surface area contributed by atoms with E-state index in [2.05, 4.69) is 12.1 Å². The van der Waals surface area contributed by atoms with E-state index in [1.165, 1.54) is 17.5 Å². The van der Waals surface area contributed by atoms with Crippen LogP contribution in [-0.4, -0.2) is 34.6 Å². The first-order valence-electron chi connectivity index (χ1n) is 8.26. The average molecular weight is 287 g/mol. The van der Waals surface area contributed by atoms with Crippen molar-refractivity contribution < 1.29 is 9.90 Å². The summed E-state index contributed by atoms with van der Waals surface area (Å²) in [5, 5.41) is 9.66. The van der Waals surface area contributed by atoms with E-state index < -0.39 is 0 Å². The lowest BCUT2D eigenvalue weighted by molar-refractivity contribution is 0.0515. The molecule has 114 valence electrons. The van der Waals surface area contributed by atoms with Crippen molar-refractivity contribution in [1.82, 2.24) is 4.90 Å². The van der Waals surface area contributed by atoms with Crippen LogP contribution in [0.5, 0.6) is 0 Å². The lowest BCUT2D eigenvalue weighted by Crippen LogP contribution is -2.45. The summed E-state index contributed by atoms with van der Waals surface area (Å²) in [5.74, 6) is 0.148. The fourth-order valence-electron chi connectivity index (χ4n) is 3.78. The van der Waals surface area contributed by atoms with Gasteiger partial charge in [-0.25, -0.2) is 0 Å². The summed E-state index contributed by atoms with van der Waals surface area (Å²) in [7, 11) is 0. The summed E-state index contributed by atoms with van der Waals surface area (Å²) in [5.41, 5.74) is 3.59. The zero-order valence-corrected chi connectivity index (χ0v) is 12.8. The average Bonchev–Trinajstić information content (AvgIpc) is 2.94. The Morgan fingerprint density at radius 2 is 2.10 bits per heavy atom. The number of nitrogens with zero attached hydrogens (tertiary/aromatic N) is 1. The summed E-state index contributed by atoms with van der Waals surface area (Å²) in [4.78, 5) is 14.8. The quantitative estimate of drug-likeness (QED) is 0.928. The summed E-state index contributed by atoms with van der Waals surface area (Å²) < 4.78 is 0. The molecule has 1 fully saturated rings. The number of likely N-dealkylation sites (tertiary alicyclic amines) is 1. The van der Waals surface area contributed by atoms with Crippen LogP contribution >= 0.6 is 0 Å². The van der Waals surface area contributed by atoms with Crippen LogP contribution in [0.3, 0.4) is 0 Å². The van der Waals surface area contributed by atoms with E-state index in [-0.39, 0.29) is 18.1 Å². The highest BCUT2D eigenvalue weighted by molar-refractivity contribution is 5.94. The Bertz CT molecular complexity index is 524. The van der Waals surface area contributed by atoms with Crippen molar-refractivity contribution in [1.29, 1.82) is 0 Å². The number of amides is 1. The van der Waals surface area contributed by atoms with Gasteiger partial charge in [-0.05, 0) is 75.1 Å². The molecule has 3 nitrogen and oxygen atoms in total. The first-order valence-corrected chi connectivity index (χ1v) is 8.26. The number of fused-ring (bicyclic) bond motifs is 1.